The van der Waals surface area contributed by atoms with Crippen LogP contribution in [-0.4, -0.2) is 24.0 Å². The standard InChI is InChI=1S/C18H20ClN3O5/c1-11(17(24)21-10-14-3-2-8-26-14)27-16(23)9-15(22-18(20)25)12-4-6-13(19)7-5-12/h2-8,11,15H,9-10H2,1H3,(H,21,24)(H3,20,22,25)/t11-,15+/m0/s1. The average molecular weight is 394 g/mol. The molecule has 9 heteroatoms. The molecule has 0 aliphatic rings. The van der Waals surface area contributed by atoms with Crippen molar-refractivity contribution in [1.82, 2.24) is 10.6 Å². The molecule has 27 heavy (non-hydrogen) atoms. The summed E-state index contributed by atoms with van der Waals surface area (Å²) >= 11 is 5.84. The Kier molecular flexibility index (Phi) is 7.25. The third-order valence-corrected chi connectivity index (χ3v) is 3.91. The fourth-order valence-corrected chi connectivity index (χ4v) is 2.44. The molecule has 0 radical (unpaired) electrons. The molecule has 3 amide bonds. The first-order chi connectivity index (χ1) is 12.8. The second kappa shape index (κ2) is 9.63. The molecule has 0 fully saturated rings. The molecule has 8 nitrogen and oxygen atoms in total. The van der Waals surface area contributed by atoms with E-state index in [-0.39, 0.29) is 13.0 Å². The van der Waals surface area contributed by atoms with Crippen molar-refractivity contribution in [3.8, 4) is 0 Å². The van der Waals surface area contributed by atoms with E-state index in [0.717, 1.165) is 0 Å². The Balaban J connectivity index is 1.90. The number of halogens is 1. The van der Waals surface area contributed by atoms with Gasteiger partial charge in [0.2, 0.25) is 0 Å². The van der Waals surface area contributed by atoms with Crippen molar-refractivity contribution in [3.05, 3.63) is 59.0 Å². The number of furan rings is 1. The Morgan fingerprint density at radius 3 is 2.52 bits per heavy atom. The smallest absolute Gasteiger partial charge is 0.312 e. The summed E-state index contributed by atoms with van der Waals surface area (Å²) < 4.78 is 10.2. The highest BCUT2D eigenvalue weighted by Gasteiger charge is 2.22. The summed E-state index contributed by atoms with van der Waals surface area (Å²) in [7, 11) is 0. The largest absolute Gasteiger partial charge is 0.467 e. The van der Waals surface area contributed by atoms with Crippen molar-refractivity contribution in [2.45, 2.75) is 32.0 Å². The Hall–Kier alpha value is -3.00. The van der Waals surface area contributed by atoms with Crippen LogP contribution in [0.1, 0.15) is 30.7 Å². The first-order valence-electron chi connectivity index (χ1n) is 8.16. The number of carbonyl (C=O) groups excluding carboxylic acids is 3. The predicted molar refractivity (Wildman–Crippen MR) is 97.6 cm³/mol. The van der Waals surface area contributed by atoms with Gasteiger partial charge >= 0.3 is 12.0 Å². The van der Waals surface area contributed by atoms with E-state index in [2.05, 4.69) is 10.6 Å². The molecule has 1 aromatic heterocycles. The number of benzene rings is 1. The molecule has 0 saturated heterocycles. The molecule has 0 aliphatic heterocycles. The maximum atomic E-state index is 12.2. The number of rotatable bonds is 8. The maximum Gasteiger partial charge on any atom is 0.312 e. The minimum Gasteiger partial charge on any atom is -0.467 e. The molecule has 0 aliphatic carbocycles. The third-order valence-electron chi connectivity index (χ3n) is 3.65. The third kappa shape index (κ3) is 6.67. The number of amides is 3. The van der Waals surface area contributed by atoms with Crippen molar-refractivity contribution in [2.75, 3.05) is 0 Å². The van der Waals surface area contributed by atoms with Crippen LogP contribution in [0, 0.1) is 0 Å². The van der Waals surface area contributed by atoms with Gasteiger partial charge in [-0.25, -0.2) is 4.79 Å². The normalized spacial score (nSPS) is 12.7. The van der Waals surface area contributed by atoms with Crippen molar-refractivity contribution in [1.29, 1.82) is 0 Å². The number of urea groups is 1. The Labute approximate surface area is 161 Å². The summed E-state index contributed by atoms with van der Waals surface area (Å²) in [5.74, 6) is -0.551. The minimum absolute atomic E-state index is 0.185. The lowest BCUT2D eigenvalue weighted by Crippen LogP contribution is -2.37. The van der Waals surface area contributed by atoms with Crippen LogP contribution in [0.4, 0.5) is 4.79 Å². The number of carbonyl (C=O) groups is 3. The summed E-state index contributed by atoms with van der Waals surface area (Å²) in [6, 6.07) is 8.51. The van der Waals surface area contributed by atoms with Gasteiger partial charge in [-0.3, -0.25) is 9.59 Å². The second-order valence-electron chi connectivity index (χ2n) is 5.75. The van der Waals surface area contributed by atoms with E-state index in [0.29, 0.717) is 16.3 Å². The zero-order valence-corrected chi connectivity index (χ0v) is 15.4. The van der Waals surface area contributed by atoms with Gasteiger partial charge in [-0.15, -0.1) is 0 Å². The van der Waals surface area contributed by atoms with Crippen LogP contribution in [0.2, 0.25) is 5.02 Å². The average Bonchev–Trinajstić information content (AvgIpc) is 3.12. The van der Waals surface area contributed by atoms with E-state index in [1.165, 1.54) is 13.2 Å². The summed E-state index contributed by atoms with van der Waals surface area (Å²) in [6.07, 6.45) is 0.292. The van der Waals surface area contributed by atoms with Crippen molar-refractivity contribution >= 4 is 29.5 Å². The van der Waals surface area contributed by atoms with E-state index in [1.54, 1.807) is 36.4 Å². The molecule has 1 aromatic carbocycles. The van der Waals surface area contributed by atoms with Crippen LogP contribution >= 0.6 is 11.6 Å². The fourth-order valence-electron chi connectivity index (χ4n) is 2.32. The second-order valence-corrected chi connectivity index (χ2v) is 6.18. The molecule has 144 valence electrons. The summed E-state index contributed by atoms with van der Waals surface area (Å²) in [5, 5.41) is 5.59. The van der Waals surface area contributed by atoms with Crippen LogP contribution in [0.5, 0.6) is 0 Å². The van der Waals surface area contributed by atoms with Gasteiger partial charge in [0.1, 0.15) is 5.76 Å². The summed E-state index contributed by atoms with van der Waals surface area (Å²) in [6.45, 7) is 1.64. The number of ether oxygens (including phenoxy) is 1. The van der Waals surface area contributed by atoms with Gasteiger partial charge in [0, 0.05) is 5.02 Å². The first kappa shape index (κ1) is 20.3. The van der Waals surface area contributed by atoms with E-state index in [9.17, 15) is 14.4 Å². The van der Waals surface area contributed by atoms with Gasteiger partial charge in [0.05, 0.1) is 25.3 Å². The SMILES string of the molecule is C[C@H](OC(=O)C[C@@H](NC(N)=O)c1ccc(Cl)cc1)C(=O)NCc1ccco1. The highest BCUT2D eigenvalue weighted by atomic mass is 35.5. The number of hydrogen-bond acceptors (Lipinski definition) is 5. The quantitative estimate of drug-likeness (QED) is 0.593. The molecule has 0 unspecified atom stereocenters. The summed E-state index contributed by atoms with van der Waals surface area (Å²) in [4.78, 5) is 35.4. The Bertz CT molecular complexity index is 777. The molecule has 2 atom stereocenters. The van der Waals surface area contributed by atoms with Crippen LogP contribution in [0.3, 0.4) is 0 Å². The Morgan fingerprint density at radius 1 is 1.22 bits per heavy atom. The molecule has 0 saturated carbocycles. The molecule has 0 spiro atoms. The van der Waals surface area contributed by atoms with Gasteiger partial charge in [-0.2, -0.15) is 0 Å². The molecule has 2 rings (SSSR count). The van der Waals surface area contributed by atoms with E-state index < -0.39 is 30.1 Å². The number of esters is 1. The topological polar surface area (TPSA) is 124 Å². The number of primary amides is 1. The van der Waals surface area contributed by atoms with Crippen LogP contribution in [0.25, 0.3) is 0 Å². The molecule has 0 bridgehead atoms. The van der Waals surface area contributed by atoms with E-state index in [1.807, 2.05) is 0 Å². The predicted octanol–water partition coefficient (Wildman–Crippen LogP) is 2.28. The lowest BCUT2D eigenvalue weighted by atomic mass is 10.0. The number of hydrogen-bond donors (Lipinski definition) is 3. The first-order valence-corrected chi connectivity index (χ1v) is 8.54. The zero-order chi connectivity index (χ0) is 19.8. The van der Waals surface area contributed by atoms with Gasteiger partial charge in [-0.1, -0.05) is 23.7 Å². The van der Waals surface area contributed by atoms with Crippen LogP contribution in [0.15, 0.2) is 47.1 Å². The summed E-state index contributed by atoms with van der Waals surface area (Å²) in [5.41, 5.74) is 5.80. The van der Waals surface area contributed by atoms with E-state index in [4.69, 9.17) is 26.5 Å². The maximum absolute atomic E-state index is 12.2. The van der Waals surface area contributed by atoms with Crippen molar-refractivity contribution < 1.29 is 23.5 Å². The minimum atomic E-state index is -1.01. The Morgan fingerprint density at radius 2 is 1.93 bits per heavy atom. The van der Waals surface area contributed by atoms with Gasteiger partial charge < -0.3 is 25.5 Å². The van der Waals surface area contributed by atoms with E-state index >= 15 is 0 Å². The molecular weight excluding hydrogens is 374 g/mol. The van der Waals surface area contributed by atoms with Gasteiger partial charge in [0.25, 0.3) is 5.91 Å². The van der Waals surface area contributed by atoms with Crippen LogP contribution < -0.4 is 16.4 Å². The lowest BCUT2D eigenvalue weighted by Gasteiger charge is -2.19. The molecule has 1 heterocycles. The molecule has 4 N–H and O–H groups in total. The monoisotopic (exact) mass is 393 g/mol. The van der Waals surface area contributed by atoms with Crippen molar-refractivity contribution in [2.24, 2.45) is 5.73 Å². The zero-order valence-electron chi connectivity index (χ0n) is 14.6. The fraction of sp³-hybridized carbons (Fsp3) is 0.278. The highest BCUT2D eigenvalue weighted by molar-refractivity contribution is 6.30. The highest BCUT2D eigenvalue weighted by Crippen LogP contribution is 2.20. The van der Waals surface area contributed by atoms with Crippen LogP contribution in [-0.2, 0) is 20.9 Å². The number of nitrogens with two attached hydrogens (primary N) is 1. The van der Waals surface area contributed by atoms with Gasteiger partial charge in [-0.05, 0) is 36.8 Å². The van der Waals surface area contributed by atoms with Gasteiger partial charge in [0.15, 0.2) is 6.10 Å². The molecule has 2 aromatic rings. The number of nitrogens with one attached hydrogen (secondary N) is 2. The lowest BCUT2D eigenvalue weighted by molar-refractivity contribution is -0.155. The van der Waals surface area contributed by atoms with Crippen molar-refractivity contribution in [3.63, 3.8) is 0 Å². The molecular formula is C18H20ClN3O5.